The Kier molecular flexibility index (Phi) is 3.84. The molecule has 1 aromatic carbocycles. The molecule has 0 atom stereocenters. The zero-order valence-corrected chi connectivity index (χ0v) is 12.3. The average molecular weight is 289 g/mol. The molecule has 2 rings (SSSR count). The van der Waals surface area contributed by atoms with Gasteiger partial charge in [0, 0.05) is 13.6 Å². The lowest BCUT2D eigenvalue weighted by atomic mass is 9.92. The third-order valence-corrected chi connectivity index (χ3v) is 3.37. The number of H-pyrrole nitrogens is 1. The number of fused-ring (bicyclic) bond motifs is 1. The maximum atomic E-state index is 11.8. The summed E-state index contributed by atoms with van der Waals surface area (Å²) in [5, 5.41) is 6.20. The number of aromatic amines is 1. The average Bonchev–Trinajstić information content (AvgIpc) is 2.45. The van der Waals surface area contributed by atoms with E-state index < -0.39 is 5.41 Å². The van der Waals surface area contributed by atoms with Gasteiger partial charge < -0.3 is 21.4 Å². The van der Waals surface area contributed by atoms with Gasteiger partial charge in [-0.15, -0.1) is 0 Å². The zero-order chi connectivity index (χ0) is 15.6. The number of nitrogens with zero attached hydrogens (tertiary/aromatic N) is 1. The summed E-state index contributed by atoms with van der Waals surface area (Å²) in [4.78, 5) is 30.0. The van der Waals surface area contributed by atoms with Crippen LogP contribution in [0.4, 0.5) is 11.4 Å². The first-order valence-corrected chi connectivity index (χ1v) is 6.58. The molecule has 7 heteroatoms. The molecule has 0 saturated carbocycles. The molecular formula is C14H19N5O2. The summed E-state index contributed by atoms with van der Waals surface area (Å²) < 4.78 is 0. The van der Waals surface area contributed by atoms with Crippen molar-refractivity contribution in [2.24, 2.45) is 5.41 Å². The predicted molar refractivity (Wildman–Crippen MR) is 83.1 cm³/mol. The van der Waals surface area contributed by atoms with Crippen LogP contribution in [0.3, 0.4) is 0 Å². The number of aromatic nitrogens is 2. The largest absolute Gasteiger partial charge is 0.397 e. The molecule has 0 aliphatic carbocycles. The van der Waals surface area contributed by atoms with Gasteiger partial charge in [0.05, 0.1) is 34.0 Å². The molecule has 112 valence electrons. The van der Waals surface area contributed by atoms with Crippen molar-refractivity contribution in [3.8, 4) is 0 Å². The molecule has 0 saturated heterocycles. The highest BCUT2D eigenvalue weighted by Crippen LogP contribution is 2.25. The smallest absolute Gasteiger partial charge is 0.258 e. The van der Waals surface area contributed by atoms with Crippen LogP contribution in [0.5, 0.6) is 0 Å². The van der Waals surface area contributed by atoms with Gasteiger partial charge in [0.15, 0.2) is 0 Å². The van der Waals surface area contributed by atoms with Crippen LogP contribution in [0.15, 0.2) is 23.3 Å². The van der Waals surface area contributed by atoms with Gasteiger partial charge in [0.25, 0.3) is 5.56 Å². The Labute approximate surface area is 122 Å². The first-order valence-electron chi connectivity index (χ1n) is 6.58. The number of anilines is 2. The summed E-state index contributed by atoms with van der Waals surface area (Å²) >= 11 is 0. The van der Waals surface area contributed by atoms with Crippen LogP contribution < -0.4 is 21.9 Å². The van der Waals surface area contributed by atoms with Crippen LogP contribution >= 0.6 is 0 Å². The van der Waals surface area contributed by atoms with Crippen LogP contribution in [0.2, 0.25) is 0 Å². The number of carbonyl (C=O) groups is 1. The fourth-order valence-electron chi connectivity index (χ4n) is 2.02. The van der Waals surface area contributed by atoms with Crippen molar-refractivity contribution in [2.45, 2.75) is 13.8 Å². The molecule has 1 heterocycles. The fourth-order valence-corrected chi connectivity index (χ4v) is 2.02. The summed E-state index contributed by atoms with van der Waals surface area (Å²) in [5.41, 5.74) is 6.77. The lowest BCUT2D eigenvalue weighted by Gasteiger charge is -2.24. The predicted octanol–water partition coefficient (Wildman–Crippen LogP) is 0.689. The molecule has 0 radical (unpaired) electrons. The van der Waals surface area contributed by atoms with Gasteiger partial charge in [0.2, 0.25) is 5.91 Å². The van der Waals surface area contributed by atoms with Crippen molar-refractivity contribution >= 4 is 28.2 Å². The Morgan fingerprint density at radius 3 is 2.81 bits per heavy atom. The number of nitrogens with two attached hydrogens (primary N) is 1. The molecule has 0 fully saturated rings. The van der Waals surface area contributed by atoms with Crippen molar-refractivity contribution < 1.29 is 4.79 Å². The first-order chi connectivity index (χ1) is 9.85. The third kappa shape index (κ3) is 2.96. The van der Waals surface area contributed by atoms with E-state index in [1.54, 1.807) is 19.2 Å². The van der Waals surface area contributed by atoms with Gasteiger partial charge in [-0.05, 0) is 26.0 Å². The molecule has 2 aromatic rings. The molecule has 21 heavy (non-hydrogen) atoms. The summed E-state index contributed by atoms with van der Waals surface area (Å²) in [5.74, 6) is -0.0658. The first kappa shape index (κ1) is 14.8. The van der Waals surface area contributed by atoms with E-state index in [0.29, 0.717) is 28.8 Å². The van der Waals surface area contributed by atoms with Crippen molar-refractivity contribution in [2.75, 3.05) is 24.6 Å². The van der Waals surface area contributed by atoms with Gasteiger partial charge in [0.1, 0.15) is 0 Å². The van der Waals surface area contributed by atoms with Crippen molar-refractivity contribution in [3.05, 3.63) is 28.8 Å². The quantitative estimate of drug-likeness (QED) is 0.618. The minimum absolute atomic E-state index is 0.0658. The van der Waals surface area contributed by atoms with E-state index in [0.717, 1.165) is 0 Å². The van der Waals surface area contributed by atoms with Crippen LogP contribution in [0.1, 0.15) is 13.8 Å². The monoisotopic (exact) mass is 289 g/mol. The number of nitrogens with one attached hydrogen (secondary N) is 3. The highest BCUT2D eigenvalue weighted by molar-refractivity contribution is 5.88. The number of rotatable bonds is 4. The van der Waals surface area contributed by atoms with Crippen molar-refractivity contribution in [1.29, 1.82) is 0 Å². The Hall–Kier alpha value is -2.57. The molecule has 0 spiro atoms. The maximum Gasteiger partial charge on any atom is 0.258 e. The number of hydrogen-bond donors (Lipinski definition) is 4. The number of hydrogen-bond acceptors (Lipinski definition) is 5. The SMILES string of the molecule is CNC(=O)C(C)(C)CNc1cc2nc[nH]c(=O)c2cc1N. The summed E-state index contributed by atoms with van der Waals surface area (Å²) in [6.45, 7) is 4.07. The van der Waals surface area contributed by atoms with E-state index in [1.165, 1.54) is 6.33 Å². The fraction of sp³-hybridized carbons (Fsp3) is 0.357. The molecule has 1 amide bonds. The Balaban J connectivity index is 2.29. The highest BCUT2D eigenvalue weighted by Gasteiger charge is 2.26. The summed E-state index contributed by atoms with van der Waals surface area (Å²) in [7, 11) is 1.60. The van der Waals surface area contributed by atoms with Gasteiger partial charge in [-0.1, -0.05) is 0 Å². The second-order valence-electron chi connectivity index (χ2n) is 5.50. The lowest BCUT2D eigenvalue weighted by Crippen LogP contribution is -2.39. The second kappa shape index (κ2) is 5.43. The van der Waals surface area contributed by atoms with Gasteiger partial charge in [-0.3, -0.25) is 9.59 Å². The topological polar surface area (TPSA) is 113 Å². The van der Waals surface area contributed by atoms with Crippen LogP contribution in [-0.4, -0.2) is 29.5 Å². The van der Waals surface area contributed by atoms with Gasteiger partial charge in [-0.25, -0.2) is 4.98 Å². The Bertz CT molecular complexity index is 736. The van der Waals surface area contributed by atoms with Crippen LogP contribution in [0.25, 0.3) is 10.9 Å². The van der Waals surface area contributed by atoms with E-state index in [1.807, 2.05) is 13.8 Å². The molecule has 0 unspecified atom stereocenters. The Morgan fingerprint density at radius 1 is 1.43 bits per heavy atom. The molecular weight excluding hydrogens is 270 g/mol. The van der Waals surface area contributed by atoms with E-state index in [-0.39, 0.29) is 11.5 Å². The van der Waals surface area contributed by atoms with E-state index in [2.05, 4.69) is 20.6 Å². The second-order valence-corrected chi connectivity index (χ2v) is 5.50. The summed E-state index contributed by atoms with van der Waals surface area (Å²) in [6, 6.07) is 3.29. The van der Waals surface area contributed by atoms with Crippen molar-refractivity contribution in [1.82, 2.24) is 15.3 Å². The van der Waals surface area contributed by atoms with Gasteiger partial charge in [-0.2, -0.15) is 0 Å². The Morgan fingerprint density at radius 2 is 2.14 bits per heavy atom. The molecule has 1 aromatic heterocycles. The van der Waals surface area contributed by atoms with Crippen molar-refractivity contribution in [3.63, 3.8) is 0 Å². The molecule has 0 aliphatic heterocycles. The normalized spacial score (nSPS) is 11.4. The van der Waals surface area contributed by atoms with Crippen LogP contribution in [-0.2, 0) is 4.79 Å². The number of amides is 1. The standard InChI is InChI=1S/C14H19N5O2/c1-14(2,13(21)16-3)6-17-11-5-10-8(4-9(11)15)12(20)19-7-18-10/h4-5,7,17H,6,15H2,1-3H3,(H,16,21)(H,18,19,20). The van der Waals surface area contributed by atoms with E-state index in [9.17, 15) is 9.59 Å². The minimum Gasteiger partial charge on any atom is -0.397 e. The number of benzene rings is 1. The summed E-state index contributed by atoms with van der Waals surface area (Å²) in [6.07, 6.45) is 1.35. The van der Waals surface area contributed by atoms with Crippen LogP contribution in [0, 0.1) is 5.41 Å². The zero-order valence-electron chi connectivity index (χ0n) is 12.3. The number of nitrogen functional groups attached to an aromatic ring is 1. The number of carbonyl (C=O) groups excluding carboxylic acids is 1. The highest BCUT2D eigenvalue weighted by atomic mass is 16.2. The third-order valence-electron chi connectivity index (χ3n) is 3.37. The molecule has 0 bridgehead atoms. The molecule has 0 aliphatic rings. The van der Waals surface area contributed by atoms with Gasteiger partial charge >= 0.3 is 0 Å². The minimum atomic E-state index is -0.586. The van der Waals surface area contributed by atoms with E-state index in [4.69, 9.17) is 5.73 Å². The molecule has 7 nitrogen and oxygen atoms in total. The lowest BCUT2D eigenvalue weighted by molar-refractivity contribution is -0.128. The van der Waals surface area contributed by atoms with E-state index >= 15 is 0 Å². The molecule has 5 N–H and O–H groups in total. The maximum absolute atomic E-state index is 11.8.